The molecule has 3 rings (SSSR count). The van der Waals surface area contributed by atoms with Crippen molar-refractivity contribution in [3.63, 3.8) is 0 Å². The number of sulfonamides is 1. The lowest BCUT2D eigenvalue weighted by molar-refractivity contribution is -0.114. The fourth-order valence-electron chi connectivity index (χ4n) is 4.60. The highest BCUT2D eigenvalue weighted by molar-refractivity contribution is 7.89. The van der Waals surface area contributed by atoms with E-state index in [0.29, 0.717) is 37.5 Å². The summed E-state index contributed by atoms with van der Waals surface area (Å²) in [7, 11) is -3.62. The summed E-state index contributed by atoms with van der Waals surface area (Å²) in [5.74, 6) is 0.471. The number of nitrogens with one attached hydrogen (secondary N) is 1. The minimum atomic E-state index is -3.62. The average molecular weight is 437 g/mol. The van der Waals surface area contributed by atoms with Crippen LogP contribution in [-0.2, 0) is 14.8 Å². The quantitative estimate of drug-likeness (QED) is 0.739. The summed E-state index contributed by atoms with van der Waals surface area (Å²) in [6.07, 6.45) is 5.27. The van der Waals surface area contributed by atoms with Gasteiger partial charge in [0.1, 0.15) is 0 Å². The first-order chi connectivity index (χ1) is 14.2. The van der Waals surface area contributed by atoms with E-state index in [-0.39, 0.29) is 22.9 Å². The molecule has 2 fully saturated rings. The summed E-state index contributed by atoms with van der Waals surface area (Å²) in [4.78, 5) is 25.3. The van der Waals surface area contributed by atoms with Crippen LogP contribution in [0.2, 0.25) is 0 Å². The van der Waals surface area contributed by atoms with Gasteiger partial charge in [0.15, 0.2) is 0 Å². The molecule has 1 aromatic carbocycles. The van der Waals surface area contributed by atoms with Crippen LogP contribution < -0.4 is 11.1 Å². The van der Waals surface area contributed by atoms with Crippen LogP contribution in [0.4, 0.5) is 10.5 Å². The van der Waals surface area contributed by atoms with E-state index in [2.05, 4.69) is 12.2 Å². The molecule has 1 saturated heterocycles. The smallest absolute Gasteiger partial charge is 0.315 e. The number of hydrogen-bond donors (Lipinski definition) is 2. The van der Waals surface area contributed by atoms with Crippen LogP contribution in [0, 0.1) is 5.92 Å². The van der Waals surface area contributed by atoms with Gasteiger partial charge in [0.25, 0.3) is 0 Å². The molecule has 3 N–H and O–H groups in total. The highest BCUT2D eigenvalue weighted by Gasteiger charge is 2.36. The molecule has 1 aliphatic heterocycles. The molecule has 3 amide bonds. The van der Waals surface area contributed by atoms with Gasteiger partial charge >= 0.3 is 6.03 Å². The monoisotopic (exact) mass is 436 g/mol. The summed E-state index contributed by atoms with van der Waals surface area (Å²) >= 11 is 0. The molecule has 9 heteroatoms. The third kappa shape index (κ3) is 5.13. The highest BCUT2D eigenvalue weighted by atomic mass is 32.2. The number of amides is 3. The predicted octanol–water partition coefficient (Wildman–Crippen LogP) is 2.76. The van der Waals surface area contributed by atoms with Gasteiger partial charge in [0.05, 0.1) is 4.90 Å². The lowest BCUT2D eigenvalue weighted by atomic mass is 9.85. The first kappa shape index (κ1) is 22.6. The zero-order valence-corrected chi connectivity index (χ0v) is 18.5. The number of rotatable bonds is 5. The van der Waals surface area contributed by atoms with Gasteiger partial charge in [0.2, 0.25) is 15.9 Å². The molecule has 0 atom stereocenters. The van der Waals surface area contributed by atoms with Gasteiger partial charge in [-0.2, -0.15) is 4.31 Å². The minimum absolute atomic E-state index is 0.0190. The van der Waals surface area contributed by atoms with Crippen LogP contribution in [0.3, 0.4) is 0 Å². The lowest BCUT2D eigenvalue weighted by Crippen LogP contribution is -2.54. The Labute approximate surface area is 178 Å². The number of nitrogens with two attached hydrogens (primary N) is 1. The number of nitrogens with zero attached hydrogens (tertiary/aromatic N) is 2. The standard InChI is InChI=1S/C21H32N4O4S/c1-15-3-7-18(8-4-15)25(21(22)27)19-11-13-24(14-12-19)30(28,29)20-9-5-17(6-10-20)23-16(2)26/h5-6,9-10,15,18-19H,3-4,7-8,11-14H2,1-2H3,(H2,22,27)(H,23,26)/t15-,18-. The van der Waals surface area contributed by atoms with Crippen LogP contribution in [0.15, 0.2) is 29.2 Å². The average Bonchev–Trinajstić information content (AvgIpc) is 2.70. The van der Waals surface area contributed by atoms with E-state index >= 15 is 0 Å². The van der Waals surface area contributed by atoms with Crippen molar-refractivity contribution in [3.8, 4) is 0 Å². The van der Waals surface area contributed by atoms with E-state index in [9.17, 15) is 18.0 Å². The summed E-state index contributed by atoms with van der Waals surface area (Å²) in [5.41, 5.74) is 6.27. The number of anilines is 1. The second kappa shape index (κ2) is 9.34. The first-order valence-electron chi connectivity index (χ1n) is 10.6. The van der Waals surface area contributed by atoms with E-state index in [4.69, 9.17) is 5.73 Å². The van der Waals surface area contributed by atoms with E-state index < -0.39 is 16.1 Å². The van der Waals surface area contributed by atoms with Gasteiger partial charge in [-0.1, -0.05) is 6.92 Å². The van der Waals surface area contributed by atoms with Crippen LogP contribution in [0.1, 0.15) is 52.4 Å². The van der Waals surface area contributed by atoms with Crippen LogP contribution in [0.5, 0.6) is 0 Å². The molecule has 166 valence electrons. The second-order valence-electron chi connectivity index (χ2n) is 8.50. The Hall–Kier alpha value is -2.13. The SMILES string of the molecule is CC(=O)Nc1ccc(S(=O)(=O)N2CCC(N(C(N)=O)[C@H]3CC[C@H](C)CC3)CC2)cc1. The third-order valence-corrected chi connectivity index (χ3v) is 8.18. The maximum absolute atomic E-state index is 13.0. The normalized spacial score (nSPS) is 23.7. The van der Waals surface area contributed by atoms with E-state index in [1.54, 1.807) is 12.1 Å². The maximum atomic E-state index is 13.0. The Morgan fingerprint density at radius 2 is 1.53 bits per heavy atom. The second-order valence-corrected chi connectivity index (χ2v) is 10.4. The number of piperidine rings is 1. The molecule has 0 bridgehead atoms. The van der Waals surface area contributed by atoms with Crippen molar-refractivity contribution < 1.29 is 18.0 Å². The van der Waals surface area contributed by atoms with Gasteiger partial charge in [-0.3, -0.25) is 4.79 Å². The van der Waals surface area contributed by atoms with Crippen molar-refractivity contribution in [2.75, 3.05) is 18.4 Å². The molecule has 0 aromatic heterocycles. The molecule has 1 aliphatic carbocycles. The first-order valence-corrected chi connectivity index (χ1v) is 12.1. The molecule has 0 spiro atoms. The van der Waals surface area contributed by atoms with Gasteiger partial charge in [-0.15, -0.1) is 0 Å². The molecule has 8 nitrogen and oxygen atoms in total. The fraction of sp³-hybridized carbons (Fsp3) is 0.619. The van der Waals surface area contributed by atoms with Crippen LogP contribution in [-0.4, -0.2) is 54.7 Å². The minimum Gasteiger partial charge on any atom is -0.351 e. The Balaban J connectivity index is 1.64. The molecular formula is C21H32N4O4S. The maximum Gasteiger partial charge on any atom is 0.315 e. The van der Waals surface area contributed by atoms with Crippen molar-refractivity contribution in [2.45, 2.75) is 69.4 Å². The summed E-state index contributed by atoms with van der Waals surface area (Å²) in [6, 6.07) is 5.92. The Bertz CT molecular complexity index is 855. The molecular weight excluding hydrogens is 404 g/mol. The predicted molar refractivity (Wildman–Crippen MR) is 115 cm³/mol. The summed E-state index contributed by atoms with van der Waals surface area (Å²) in [5, 5.41) is 2.63. The Kier molecular flexibility index (Phi) is 7.02. The van der Waals surface area contributed by atoms with Crippen molar-refractivity contribution in [3.05, 3.63) is 24.3 Å². The van der Waals surface area contributed by atoms with E-state index in [1.165, 1.54) is 23.4 Å². The Morgan fingerprint density at radius 1 is 1.00 bits per heavy atom. The summed E-state index contributed by atoms with van der Waals surface area (Å²) < 4.78 is 27.5. The Morgan fingerprint density at radius 3 is 2.03 bits per heavy atom. The van der Waals surface area contributed by atoms with Crippen molar-refractivity contribution in [1.82, 2.24) is 9.21 Å². The van der Waals surface area contributed by atoms with Crippen molar-refractivity contribution in [1.29, 1.82) is 0 Å². The zero-order chi connectivity index (χ0) is 21.9. The number of carbonyl (C=O) groups excluding carboxylic acids is 2. The number of carbonyl (C=O) groups is 2. The molecule has 1 saturated carbocycles. The number of hydrogen-bond acceptors (Lipinski definition) is 4. The molecule has 30 heavy (non-hydrogen) atoms. The van der Waals surface area contributed by atoms with Gasteiger partial charge in [0, 0.05) is 37.8 Å². The van der Waals surface area contributed by atoms with Crippen LogP contribution in [0.25, 0.3) is 0 Å². The highest BCUT2D eigenvalue weighted by Crippen LogP contribution is 2.31. The van der Waals surface area contributed by atoms with E-state index in [0.717, 1.165) is 25.7 Å². The van der Waals surface area contributed by atoms with Gasteiger partial charge in [-0.05, 0) is 68.7 Å². The van der Waals surface area contributed by atoms with Crippen LogP contribution >= 0.6 is 0 Å². The molecule has 2 aliphatic rings. The van der Waals surface area contributed by atoms with Gasteiger partial charge in [-0.25, -0.2) is 13.2 Å². The lowest BCUT2D eigenvalue weighted by Gasteiger charge is -2.43. The third-order valence-electron chi connectivity index (χ3n) is 6.26. The topological polar surface area (TPSA) is 113 Å². The largest absolute Gasteiger partial charge is 0.351 e. The van der Waals surface area contributed by atoms with Crippen molar-refractivity contribution >= 4 is 27.6 Å². The van der Waals surface area contributed by atoms with E-state index in [1.807, 2.05) is 4.90 Å². The molecule has 0 radical (unpaired) electrons. The summed E-state index contributed by atoms with van der Waals surface area (Å²) in [6.45, 7) is 4.34. The number of primary amides is 1. The number of benzene rings is 1. The van der Waals surface area contributed by atoms with Gasteiger partial charge < -0.3 is 16.0 Å². The fourth-order valence-corrected chi connectivity index (χ4v) is 6.07. The molecule has 0 unspecified atom stereocenters. The number of urea groups is 1. The molecule has 1 heterocycles. The van der Waals surface area contributed by atoms with Crippen molar-refractivity contribution in [2.24, 2.45) is 11.7 Å². The molecule has 1 aromatic rings. The zero-order valence-electron chi connectivity index (χ0n) is 17.7.